The molecular weight excluding hydrogens is 206 g/mol. The third kappa shape index (κ3) is 2.73. The number of rotatable bonds is 3. The van der Waals surface area contributed by atoms with Gasteiger partial charge in [-0.3, -0.25) is 4.79 Å². The molecule has 0 fully saturated rings. The average Bonchev–Trinajstić information content (AvgIpc) is 2.17. The number of anilines is 1. The number of hydrogen-bond donors (Lipinski definition) is 2. The van der Waals surface area contributed by atoms with Crippen LogP contribution in [-0.4, -0.2) is 28.3 Å². The molecule has 0 aliphatic heterocycles. The Balaban J connectivity index is 3.04. The lowest BCUT2D eigenvalue weighted by atomic mass is 10.1. The predicted molar refractivity (Wildman–Crippen MR) is 62.4 cm³/mol. The van der Waals surface area contributed by atoms with Gasteiger partial charge < -0.3 is 15.1 Å². The summed E-state index contributed by atoms with van der Waals surface area (Å²) >= 11 is 0. The van der Waals surface area contributed by atoms with Gasteiger partial charge in [-0.2, -0.15) is 0 Å². The molecule has 88 valence electrons. The van der Waals surface area contributed by atoms with Gasteiger partial charge in [0.05, 0.1) is 0 Å². The molecule has 4 heteroatoms. The molecule has 0 aliphatic carbocycles. The number of aliphatic hydroxyl groups is 1. The Bertz CT molecular complexity index is 382. The van der Waals surface area contributed by atoms with Crippen LogP contribution < -0.4 is 4.90 Å². The van der Waals surface area contributed by atoms with Crippen molar-refractivity contribution in [3.8, 4) is 5.75 Å². The van der Waals surface area contributed by atoms with E-state index in [2.05, 4.69) is 0 Å². The molecule has 0 spiro atoms. The Morgan fingerprint density at radius 1 is 1.44 bits per heavy atom. The van der Waals surface area contributed by atoms with Crippen LogP contribution in [0.2, 0.25) is 0 Å². The maximum atomic E-state index is 11.9. The minimum absolute atomic E-state index is 0.0968. The van der Waals surface area contributed by atoms with E-state index in [4.69, 9.17) is 0 Å². The van der Waals surface area contributed by atoms with Gasteiger partial charge in [-0.05, 0) is 32.9 Å². The molecule has 0 unspecified atom stereocenters. The van der Waals surface area contributed by atoms with Crippen molar-refractivity contribution in [1.82, 2.24) is 0 Å². The quantitative estimate of drug-likeness (QED) is 0.816. The van der Waals surface area contributed by atoms with E-state index in [1.807, 2.05) is 6.92 Å². The maximum absolute atomic E-state index is 11.9. The molecule has 0 atom stereocenters. The molecule has 0 aliphatic rings. The third-order valence-electron chi connectivity index (χ3n) is 2.23. The molecule has 1 amide bonds. The standard InChI is InChI=1S/C12H17NO3/c1-4-13(11(15)12(2,3)16)9-6-5-7-10(14)8-9/h5-8,14,16H,4H2,1-3H3. The molecule has 4 nitrogen and oxygen atoms in total. The van der Waals surface area contributed by atoms with Crippen molar-refractivity contribution in [2.45, 2.75) is 26.4 Å². The molecule has 1 aromatic rings. The number of carbonyl (C=O) groups is 1. The average molecular weight is 223 g/mol. The zero-order chi connectivity index (χ0) is 12.3. The molecule has 0 bridgehead atoms. The van der Waals surface area contributed by atoms with Gasteiger partial charge in [0, 0.05) is 18.3 Å². The van der Waals surface area contributed by atoms with Gasteiger partial charge in [0.2, 0.25) is 0 Å². The van der Waals surface area contributed by atoms with Gasteiger partial charge in [-0.25, -0.2) is 0 Å². The summed E-state index contributed by atoms with van der Waals surface area (Å²) in [5.41, 5.74) is -0.837. The first-order valence-corrected chi connectivity index (χ1v) is 5.19. The SMILES string of the molecule is CCN(C(=O)C(C)(C)O)c1cccc(O)c1. The van der Waals surface area contributed by atoms with Gasteiger partial charge >= 0.3 is 0 Å². The first kappa shape index (κ1) is 12.5. The monoisotopic (exact) mass is 223 g/mol. The molecule has 0 saturated heterocycles. The van der Waals surface area contributed by atoms with Gasteiger partial charge in [0.1, 0.15) is 11.4 Å². The number of amides is 1. The van der Waals surface area contributed by atoms with Gasteiger partial charge in [0.15, 0.2) is 0 Å². The van der Waals surface area contributed by atoms with Crippen LogP contribution in [-0.2, 0) is 4.79 Å². The van der Waals surface area contributed by atoms with Crippen LogP contribution in [0.15, 0.2) is 24.3 Å². The van der Waals surface area contributed by atoms with Crippen molar-refractivity contribution >= 4 is 11.6 Å². The van der Waals surface area contributed by atoms with E-state index in [1.54, 1.807) is 12.1 Å². The maximum Gasteiger partial charge on any atom is 0.258 e. The van der Waals surface area contributed by atoms with E-state index >= 15 is 0 Å². The van der Waals surface area contributed by atoms with E-state index in [0.29, 0.717) is 12.2 Å². The largest absolute Gasteiger partial charge is 0.508 e. The van der Waals surface area contributed by atoms with Crippen molar-refractivity contribution in [3.63, 3.8) is 0 Å². The minimum Gasteiger partial charge on any atom is -0.508 e. The summed E-state index contributed by atoms with van der Waals surface area (Å²) in [5.74, 6) is -0.292. The third-order valence-corrected chi connectivity index (χ3v) is 2.23. The smallest absolute Gasteiger partial charge is 0.258 e. The fraction of sp³-hybridized carbons (Fsp3) is 0.417. The molecule has 2 N–H and O–H groups in total. The highest BCUT2D eigenvalue weighted by molar-refractivity contribution is 5.98. The van der Waals surface area contributed by atoms with Crippen LogP contribution in [0.3, 0.4) is 0 Å². The molecule has 1 aromatic carbocycles. The second kappa shape index (κ2) is 4.53. The fourth-order valence-electron chi connectivity index (χ4n) is 1.43. The highest BCUT2D eigenvalue weighted by atomic mass is 16.3. The fourth-order valence-corrected chi connectivity index (χ4v) is 1.43. The topological polar surface area (TPSA) is 60.8 Å². The van der Waals surface area contributed by atoms with Crippen molar-refractivity contribution in [1.29, 1.82) is 0 Å². The zero-order valence-corrected chi connectivity index (χ0v) is 9.77. The van der Waals surface area contributed by atoms with Crippen LogP contribution in [0.5, 0.6) is 5.75 Å². The lowest BCUT2D eigenvalue weighted by Crippen LogP contribution is -2.45. The number of carbonyl (C=O) groups excluding carboxylic acids is 1. The summed E-state index contributed by atoms with van der Waals surface area (Å²) in [6.07, 6.45) is 0. The number of aromatic hydroxyl groups is 1. The Morgan fingerprint density at radius 2 is 2.06 bits per heavy atom. The van der Waals surface area contributed by atoms with E-state index in [-0.39, 0.29) is 11.7 Å². The summed E-state index contributed by atoms with van der Waals surface area (Å²) in [7, 11) is 0. The lowest BCUT2D eigenvalue weighted by molar-refractivity contribution is -0.133. The van der Waals surface area contributed by atoms with Gasteiger partial charge in [0.25, 0.3) is 5.91 Å². The Kier molecular flexibility index (Phi) is 3.55. The Labute approximate surface area is 95.1 Å². The van der Waals surface area contributed by atoms with Crippen LogP contribution in [0.25, 0.3) is 0 Å². The molecule has 16 heavy (non-hydrogen) atoms. The van der Waals surface area contributed by atoms with Crippen molar-refractivity contribution in [2.75, 3.05) is 11.4 Å². The number of nitrogens with zero attached hydrogens (tertiary/aromatic N) is 1. The van der Waals surface area contributed by atoms with E-state index < -0.39 is 5.60 Å². The summed E-state index contributed by atoms with van der Waals surface area (Å²) in [5, 5.41) is 19.0. The molecular formula is C12H17NO3. The summed E-state index contributed by atoms with van der Waals surface area (Å²) < 4.78 is 0. The van der Waals surface area contributed by atoms with Crippen LogP contribution >= 0.6 is 0 Å². The van der Waals surface area contributed by atoms with Gasteiger partial charge in [-0.15, -0.1) is 0 Å². The van der Waals surface area contributed by atoms with Crippen LogP contribution in [0.4, 0.5) is 5.69 Å². The number of benzene rings is 1. The Hall–Kier alpha value is -1.55. The number of hydrogen-bond acceptors (Lipinski definition) is 3. The minimum atomic E-state index is -1.42. The van der Waals surface area contributed by atoms with Crippen molar-refractivity contribution < 1.29 is 15.0 Å². The van der Waals surface area contributed by atoms with E-state index in [9.17, 15) is 15.0 Å². The lowest BCUT2D eigenvalue weighted by Gasteiger charge is -2.27. The second-order valence-corrected chi connectivity index (χ2v) is 4.13. The highest BCUT2D eigenvalue weighted by Gasteiger charge is 2.29. The molecule has 0 saturated carbocycles. The van der Waals surface area contributed by atoms with E-state index in [1.165, 1.54) is 30.9 Å². The van der Waals surface area contributed by atoms with Crippen LogP contribution in [0, 0.1) is 0 Å². The zero-order valence-electron chi connectivity index (χ0n) is 9.77. The number of likely N-dealkylation sites (N-methyl/N-ethyl adjacent to an activating group) is 1. The summed E-state index contributed by atoms with van der Waals surface area (Å²) in [4.78, 5) is 13.3. The number of phenolic OH excluding ortho intramolecular Hbond substituents is 1. The van der Waals surface area contributed by atoms with Crippen molar-refractivity contribution in [2.24, 2.45) is 0 Å². The number of phenols is 1. The molecule has 0 heterocycles. The molecule has 1 rings (SSSR count). The Morgan fingerprint density at radius 3 is 2.50 bits per heavy atom. The first-order chi connectivity index (χ1) is 7.36. The summed E-state index contributed by atoms with van der Waals surface area (Å²) in [6.45, 7) is 5.14. The van der Waals surface area contributed by atoms with E-state index in [0.717, 1.165) is 0 Å². The van der Waals surface area contributed by atoms with Crippen LogP contribution in [0.1, 0.15) is 20.8 Å². The summed E-state index contributed by atoms with van der Waals surface area (Å²) in [6, 6.07) is 6.40. The first-order valence-electron chi connectivity index (χ1n) is 5.19. The normalized spacial score (nSPS) is 11.2. The van der Waals surface area contributed by atoms with Gasteiger partial charge in [-0.1, -0.05) is 6.07 Å². The second-order valence-electron chi connectivity index (χ2n) is 4.13. The predicted octanol–water partition coefficient (Wildman–Crippen LogP) is 1.52. The molecule has 0 radical (unpaired) electrons. The highest BCUT2D eigenvalue weighted by Crippen LogP contribution is 2.22. The molecule has 0 aromatic heterocycles. The van der Waals surface area contributed by atoms with Crippen molar-refractivity contribution in [3.05, 3.63) is 24.3 Å².